The summed E-state index contributed by atoms with van der Waals surface area (Å²) in [6.45, 7) is 3.63. The van der Waals surface area contributed by atoms with Gasteiger partial charge in [-0.2, -0.15) is 0 Å². The fraction of sp³-hybridized carbons (Fsp3) is 0.789. The molecular formula is C38H70NO8P. The first-order valence-corrected chi connectivity index (χ1v) is 20.5. The number of hydrogen-bond acceptors (Lipinski definition) is 8. The number of carbonyl (C=O) groups excluding carboxylic acids is 2. The molecule has 48 heavy (non-hydrogen) atoms. The minimum Gasteiger partial charge on any atom is -0.462 e. The summed E-state index contributed by atoms with van der Waals surface area (Å²) in [5.41, 5.74) is 5.33. The van der Waals surface area contributed by atoms with E-state index in [1.54, 1.807) is 0 Å². The third kappa shape index (κ3) is 34.1. The normalized spacial score (nSPS) is 13.8. The quantitative estimate of drug-likeness (QED) is 0.0287. The number of hydrogen-bond donors (Lipinski definition) is 2. The van der Waals surface area contributed by atoms with Crippen LogP contribution in [0.4, 0.5) is 0 Å². The highest BCUT2D eigenvalue weighted by atomic mass is 31.2. The lowest BCUT2D eigenvalue weighted by Crippen LogP contribution is -2.29. The lowest BCUT2D eigenvalue weighted by Gasteiger charge is -2.19. The first kappa shape index (κ1) is 46.2. The lowest BCUT2D eigenvalue weighted by molar-refractivity contribution is -0.161. The van der Waals surface area contributed by atoms with E-state index < -0.39 is 32.5 Å². The monoisotopic (exact) mass is 699 g/mol. The third-order valence-corrected chi connectivity index (χ3v) is 8.73. The minimum atomic E-state index is -4.38. The van der Waals surface area contributed by atoms with Crippen LogP contribution in [0.25, 0.3) is 0 Å². The van der Waals surface area contributed by atoms with Crippen molar-refractivity contribution in [1.82, 2.24) is 0 Å². The molecule has 0 heterocycles. The van der Waals surface area contributed by atoms with Crippen molar-refractivity contribution in [2.24, 2.45) is 5.73 Å². The third-order valence-electron chi connectivity index (χ3n) is 7.75. The van der Waals surface area contributed by atoms with Gasteiger partial charge in [0.2, 0.25) is 0 Å². The highest BCUT2D eigenvalue weighted by Gasteiger charge is 2.25. The number of carbonyl (C=O) groups is 2. The molecule has 0 bridgehead atoms. The average molecular weight is 700 g/mol. The topological polar surface area (TPSA) is 134 Å². The van der Waals surface area contributed by atoms with Gasteiger partial charge in [-0.3, -0.25) is 18.6 Å². The maximum absolute atomic E-state index is 12.5. The predicted octanol–water partition coefficient (Wildman–Crippen LogP) is 10.2. The summed E-state index contributed by atoms with van der Waals surface area (Å²) in [5.74, 6) is -0.866. The summed E-state index contributed by atoms with van der Waals surface area (Å²) in [6.07, 6.45) is 36.0. The van der Waals surface area contributed by atoms with Gasteiger partial charge in [-0.25, -0.2) is 4.57 Å². The number of rotatable bonds is 35. The molecule has 0 aromatic rings. The van der Waals surface area contributed by atoms with E-state index in [4.69, 9.17) is 24.3 Å². The van der Waals surface area contributed by atoms with Gasteiger partial charge >= 0.3 is 19.8 Å². The first-order valence-electron chi connectivity index (χ1n) is 19.0. The van der Waals surface area contributed by atoms with E-state index in [-0.39, 0.29) is 32.6 Å². The Morgan fingerprint density at radius 2 is 1.10 bits per heavy atom. The van der Waals surface area contributed by atoms with E-state index in [1.807, 2.05) is 0 Å². The van der Waals surface area contributed by atoms with Crippen molar-refractivity contribution in [3.05, 3.63) is 36.5 Å². The molecule has 0 aromatic carbocycles. The van der Waals surface area contributed by atoms with Crippen molar-refractivity contribution in [2.75, 3.05) is 26.4 Å². The molecule has 0 aliphatic carbocycles. The second-order valence-electron chi connectivity index (χ2n) is 12.4. The number of unbranched alkanes of at least 4 members (excludes halogenated alkanes) is 16. The molecule has 0 radical (unpaired) electrons. The lowest BCUT2D eigenvalue weighted by atomic mass is 10.1. The SMILES string of the molecule is CCCC/C=C/C/C=C/CCCCCCCC(=O)O[C@H](COC(=O)CCCCC/C=C/CCCCCCCC)COP(=O)(O)OCCN. The number of allylic oxidation sites excluding steroid dienone is 6. The van der Waals surface area contributed by atoms with Gasteiger partial charge in [0.15, 0.2) is 6.10 Å². The molecule has 0 aliphatic heterocycles. The van der Waals surface area contributed by atoms with E-state index >= 15 is 0 Å². The zero-order valence-corrected chi connectivity index (χ0v) is 31.4. The summed E-state index contributed by atoms with van der Waals surface area (Å²) in [6, 6.07) is 0. The second kappa shape index (κ2) is 35.1. The van der Waals surface area contributed by atoms with Crippen LogP contribution in [0, 0.1) is 0 Å². The molecule has 3 N–H and O–H groups in total. The van der Waals surface area contributed by atoms with E-state index in [2.05, 4.69) is 50.3 Å². The van der Waals surface area contributed by atoms with Crippen molar-refractivity contribution in [2.45, 2.75) is 168 Å². The molecule has 0 aliphatic rings. The molecule has 10 heteroatoms. The van der Waals surface area contributed by atoms with Gasteiger partial charge in [-0.1, -0.05) is 121 Å². The van der Waals surface area contributed by atoms with Crippen LogP contribution in [0.3, 0.4) is 0 Å². The molecule has 0 saturated heterocycles. The highest BCUT2D eigenvalue weighted by molar-refractivity contribution is 7.47. The maximum Gasteiger partial charge on any atom is 0.472 e. The molecule has 280 valence electrons. The van der Waals surface area contributed by atoms with Gasteiger partial charge in [0.05, 0.1) is 13.2 Å². The molecule has 2 atom stereocenters. The molecule has 1 unspecified atom stereocenters. The van der Waals surface area contributed by atoms with E-state index in [1.165, 1.54) is 51.4 Å². The van der Waals surface area contributed by atoms with Crippen LogP contribution in [-0.2, 0) is 32.7 Å². The van der Waals surface area contributed by atoms with Crippen LogP contribution >= 0.6 is 7.82 Å². The molecule has 0 aromatic heterocycles. The Morgan fingerprint density at radius 3 is 1.69 bits per heavy atom. The van der Waals surface area contributed by atoms with Gasteiger partial charge in [0.1, 0.15) is 6.61 Å². The Hall–Kier alpha value is -1.77. The number of phosphoric ester groups is 1. The van der Waals surface area contributed by atoms with Crippen molar-refractivity contribution >= 4 is 19.8 Å². The fourth-order valence-corrected chi connectivity index (χ4v) is 5.64. The van der Waals surface area contributed by atoms with Crippen LogP contribution in [0.1, 0.15) is 162 Å². The van der Waals surface area contributed by atoms with E-state index in [0.717, 1.165) is 70.6 Å². The Bertz CT molecular complexity index is 892. The predicted molar refractivity (Wildman–Crippen MR) is 197 cm³/mol. The van der Waals surface area contributed by atoms with Crippen LogP contribution in [0.5, 0.6) is 0 Å². The average Bonchev–Trinajstić information content (AvgIpc) is 3.07. The van der Waals surface area contributed by atoms with Gasteiger partial charge in [0, 0.05) is 19.4 Å². The number of ether oxygens (including phenoxy) is 2. The molecule has 9 nitrogen and oxygen atoms in total. The number of nitrogens with two attached hydrogens (primary N) is 1. The smallest absolute Gasteiger partial charge is 0.462 e. The summed E-state index contributed by atoms with van der Waals surface area (Å²) in [5, 5.41) is 0. The standard InChI is InChI=1S/C38H70NO8P/c1-3-5-7-9-11-13-15-17-19-21-23-25-27-29-31-38(41)47-36(35-46-48(42,43)45-33-32-39)34-44-37(40)30-28-26-24-22-20-18-16-14-12-10-8-6-4-2/h9,11,15,17-18,20,36H,3-8,10,12-14,16,19,21-35,39H2,1-2H3,(H,42,43)/b11-9+,17-15+,20-18+/t36-/m1/s1. The van der Waals surface area contributed by atoms with Crippen LogP contribution in [0.15, 0.2) is 36.5 Å². The summed E-state index contributed by atoms with van der Waals surface area (Å²) >= 11 is 0. The zero-order chi connectivity index (χ0) is 35.4. The molecule has 0 fully saturated rings. The maximum atomic E-state index is 12.5. The number of phosphoric acid groups is 1. The van der Waals surface area contributed by atoms with E-state index in [9.17, 15) is 19.0 Å². The van der Waals surface area contributed by atoms with Gasteiger partial charge < -0.3 is 20.1 Å². The molecule has 0 saturated carbocycles. The molecular weight excluding hydrogens is 629 g/mol. The largest absolute Gasteiger partial charge is 0.472 e. The van der Waals surface area contributed by atoms with Crippen LogP contribution < -0.4 is 5.73 Å². The second-order valence-corrected chi connectivity index (χ2v) is 13.9. The number of esters is 2. The molecule has 0 rings (SSSR count). The summed E-state index contributed by atoms with van der Waals surface area (Å²) in [4.78, 5) is 34.7. The highest BCUT2D eigenvalue weighted by Crippen LogP contribution is 2.43. The van der Waals surface area contributed by atoms with Gasteiger partial charge in [-0.05, 0) is 64.2 Å². The minimum absolute atomic E-state index is 0.0485. The van der Waals surface area contributed by atoms with E-state index in [0.29, 0.717) is 12.8 Å². The first-order chi connectivity index (χ1) is 23.3. The molecule has 0 spiro atoms. The summed E-state index contributed by atoms with van der Waals surface area (Å²) < 4.78 is 32.6. The Labute approximate surface area is 293 Å². The Morgan fingerprint density at radius 1 is 0.625 bits per heavy atom. The fourth-order valence-electron chi connectivity index (χ4n) is 4.88. The van der Waals surface area contributed by atoms with Crippen molar-refractivity contribution in [1.29, 1.82) is 0 Å². The van der Waals surface area contributed by atoms with Crippen molar-refractivity contribution in [3.63, 3.8) is 0 Å². The van der Waals surface area contributed by atoms with Gasteiger partial charge in [-0.15, -0.1) is 0 Å². The molecule has 0 amide bonds. The Balaban J connectivity index is 4.28. The van der Waals surface area contributed by atoms with Crippen molar-refractivity contribution < 1.29 is 37.6 Å². The van der Waals surface area contributed by atoms with Crippen molar-refractivity contribution in [3.8, 4) is 0 Å². The van der Waals surface area contributed by atoms with Crippen LogP contribution in [-0.4, -0.2) is 49.3 Å². The Kier molecular flexibility index (Phi) is 33.8. The van der Waals surface area contributed by atoms with Gasteiger partial charge in [0.25, 0.3) is 0 Å². The van der Waals surface area contributed by atoms with Crippen LogP contribution in [0.2, 0.25) is 0 Å². The summed E-state index contributed by atoms with van der Waals surface area (Å²) in [7, 11) is -4.38. The zero-order valence-electron chi connectivity index (χ0n) is 30.5.